The maximum Gasteiger partial charge on any atom is 0.169 e. The number of nitrogens with zero attached hydrogens (tertiary/aromatic N) is 6. The number of aliphatic hydroxyl groups is 1. The average Bonchev–Trinajstić information content (AvgIpc) is 2.58. The number of alkyl halides is 1. The summed E-state index contributed by atoms with van der Waals surface area (Å²) >= 11 is 0. The standard InChI is InChI=1S/C13H15FN6O3/c14-10-11(18-20-16)13(22-7-8-4-2-1-3-5-8)23-9(12(10)21)6-17-19-15/h1-5,9-13,21H,6-7H2/t9-,10-,11?,12+,13?/m1/s1. The maximum atomic E-state index is 14.3. The molecule has 0 aliphatic carbocycles. The SMILES string of the molecule is [N-]=[N+]=NC[C@H]1OC(OCc2ccccc2)C(N=[N+]=[N-])[C@@H](F)[C@H]1O. The Morgan fingerprint density at radius 3 is 2.65 bits per heavy atom. The van der Waals surface area contributed by atoms with Gasteiger partial charge in [0.1, 0.15) is 18.3 Å². The second-order valence-corrected chi connectivity index (χ2v) is 4.88. The summed E-state index contributed by atoms with van der Waals surface area (Å²) in [6.07, 6.45) is -5.73. The minimum Gasteiger partial charge on any atom is -0.387 e. The van der Waals surface area contributed by atoms with Gasteiger partial charge in [-0.3, -0.25) is 0 Å². The van der Waals surface area contributed by atoms with Crippen LogP contribution in [0.5, 0.6) is 0 Å². The molecular weight excluding hydrogens is 307 g/mol. The highest BCUT2D eigenvalue weighted by atomic mass is 19.1. The van der Waals surface area contributed by atoms with E-state index in [9.17, 15) is 9.50 Å². The van der Waals surface area contributed by atoms with Crippen LogP contribution in [0.4, 0.5) is 4.39 Å². The molecule has 0 bridgehead atoms. The smallest absolute Gasteiger partial charge is 0.169 e. The van der Waals surface area contributed by atoms with E-state index in [0.29, 0.717) is 0 Å². The number of ether oxygens (including phenoxy) is 2. The van der Waals surface area contributed by atoms with Crippen molar-refractivity contribution in [2.75, 3.05) is 6.54 Å². The fraction of sp³-hybridized carbons (Fsp3) is 0.538. The molecule has 0 aromatic heterocycles. The van der Waals surface area contributed by atoms with Gasteiger partial charge < -0.3 is 14.6 Å². The van der Waals surface area contributed by atoms with E-state index in [1.54, 1.807) is 0 Å². The lowest BCUT2D eigenvalue weighted by Crippen LogP contribution is -2.56. The summed E-state index contributed by atoms with van der Waals surface area (Å²) in [5, 5.41) is 16.4. The molecule has 122 valence electrons. The Bertz CT molecular complexity index is 603. The molecule has 1 heterocycles. The third kappa shape index (κ3) is 4.32. The molecule has 0 radical (unpaired) electrons. The predicted octanol–water partition coefficient (Wildman–Crippen LogP) is 2.62. The van der Waals surface area contributed by atoms with Crippen molar-refractivity contribution < 1.29 is 19.0 Å². The number of rotatable bonds is 6. The van der Waals surface area contributed by atoms with Crippen molar-refractivity contribution in [1.82, 2.24) is 0 Å². The molecule has 1 N–H and O–H groups in total. The Balaban J connectivity index is 2.11. The van der Waals surface area contributed by atoms with E-state index in [1.807, 2.05) is 30.3 Å². The molecule has 0 spiro atoms. The highest BCUT2D eigenvalue weighted by molar-refractivity contribution is 5.13. The van der Waals surface area contributed by atoms with Crippen LogP contribution in [0.15, 0.2) is 40.6 Å². The van der Waals surface area contributed by atoms with Crippen molar-refractivity contribution >= 4 is 0 Å². The van der Waals surface area contributed by atoms with Gasteiger partial charge in [0.2, 0.25) is 0 Å². The van der Waals surface area contributed by atoms with Gasteiger partial charge >= 0.3 is 0 Å². The summed E-state index contributed by atoms with van der Waals surface area (Å²) in [5.74, 6) is 0. The molecule has 1 saturated heterocycles. The summed E-state index contributed by atoms with van der Waals surface area (Å²) in [7, 11) is 0. The maximum absolute atomic E-state index is 14.3. The third-order valence-corrected chi connectivity index (χ3v) is 3.39. The van der Waals surface area contributed by atoms with Crippen molar-refractivity contribution in [2.24, 2.45) is 10.2 Å². The van der Waals surface area contributed by atoms with Crippen molar-refractivity contribution in [1.29, 1.82) is 0 Å². The van der Waals surface area contributed by atoms with Gasteiger partial charge in [-0.2, -0.15) is 0 Å². The van der Waals surface area contributed by atoms with Crippen LogP contribution in [0.3, 0.4) is 0 Å². The van der Waals surface area contributed by atoms with Crippen LogP contribution in [-0.4, -0.2) is 42.4 Å². The zero-order valence-corrected chi connectivity index (χ0v) is 12.0. The number of benzene rings is 1. The van der Waals surface area contributed by atoms with Crippen LogP contribution in [0.2, 0.25) is 0 Å². The molecule has 0 saturated carbocycles. The lowest BCUT2D eigenvalue weighted by atomic mass is 9.98. The van der Waals surface area contributed by atoms with Gasteiger partial charge in [0.05, 0.1) is 19.3 Å². The van der Waals surface area contributed by atoms with Crippen LogP contribution in [-0.2, 0) is 16.1 Å². The minimum absolute atomic E-state index is 0.111. The molecule has 0 amide bonds. The molecule has 1 aromatic rings. The fourth-order valence-electron chi connectivity index (χ4n) is 2.23. The van der Waals surface area contributed by atoms with E-state index in [2.05, 4.69) is 20.1 Å². The van der Waals surface area contributed by atoms with Crippen LogP contribution >= 0.6 is 0 Å². The van der Waals surface area contributed by atoms with E-state index in [0.717, 1.165) is 5.56 Å². The first-order valence-corrected chi connectivity index (χ1v) is 6.85. The lowest BCUT2D eigenvalue weighted by molar-refractivity contribution is -0.250. The second-order valence-electron chi connectivity index (χ2n) is 4.88. The monoisotopic (exact) mass is 322 g/mol. The molecule has 1 aliphatic heterocycles. The first kappa shape index (κ1) is 17.0. The highest BCUT2D eigenvalue weighted by Crippen LogP contribution is 2.28. The molecule has 10 heteroatoms. The number of halogens is 1. The average molecular weight is 322 g/mol. The Morgan fingerprint density at radius 2 is 2.00 bits per heavy atom. The summed E-state index contributed by atoms with van der Waals surface area (Å²) in [4.78, 5) is 5.12. The van der Waals surface area contributed by atoms with Crippen molar-refractivity contribution in [3.05, 3.63) is 56.8 Å². The van der Waals surface area contributed by atoms with E-state index in [4.69, 9.17) is 20.5 Å². The zero-order chi connectivity index (χ0) is 16.7. The Hall–Kier alpha value is -2.35. The van der Waals surface area contributed by atoms with Crippen molar-refractivity contribution in [2.45, 2.75) is 37.3 Å². The first-order chi connectivity index (χ1) is 11.2. The molecule has 2 rings (SSSR count). The summed E-state index contributed by atoms with van der Waals surface area (Å²) in [5.41, 5.74) is 17.7. The Kier molecular flexibility index (Phi) is 6.16. The second kappa shape index (κ2) is 8.33. The molecule has 1 aliphatic rings. The molecule has 9 nitrogen and oxygen atoms in total. The van der Waals surface area contributed by atoms with Gasteiger partial charge in [-0.1, -0.05) is 40.6 Å². The van der Waals surface area contributed by atoms with Crippen LogP contribution < -0.4 is 0 Å². The fourth-order valence-corrected chi connectivity index (χ4v) is 2.23. The first-order valence-electron chi connectivity index (χ1n) is 6.85. The van der Waals surface area contributed by atoms with Gasteiger partial charge in [0.15, 0.2) is 6.29 Å². The molecular formula is C13H15FN6O3. The normalized spacial score (nSPS) is 30.1. The number of hydrogen-bond acceptors (Lipinski definition) is 5. The summed E-state index contributed by atoms with van der Waals surface area (Å²) < 4.78 is 25.2. The summed E-state index contributed by atoms with van der Waals surface area (Å²) in [6.45, 7) is -0.147. The molecule has 1 fully saturated rings. The lowest BCUT2D eigenvalue weighted by Gasteiger charge is -2.39. The van der Waals surface area contributed by atoms with E-state index >= 15 is 0 Å². The topological polar surface area (TPSA) is 136 Å². The van der Waals surface area contributed by atoms with Crippen LogP contribution in [0, 0.1) is 0 Å². The van der Waals surface area contributed by atoms with Crippen molar-refractivity contribution in [3.63, 3.8) is 0 Å². The van der Waals surface area contributed by atoms with Gasteiger partial charge in [-0.15, -0.1) is 0 Å². The quantitative estimate of drug-likeness (QED) is 0.489. The number of azide groups is 2. The zero-order valence-electron chi connectivity index (χ0n) is 12.0. The van der Waals surface area contributed by atoms with Gasteiger partial charge in [0.25, 0.3) is 0 Å². The van der Waals surface area contributed by atoms with Crippen molar-refractivity contribution in [3.8, 4) is 0 Å². The van der Waals surface area contributed by atoms with E-state index < -0.39 is 30.7 Å². The molecule has 23 heavy (non-hydrogen) atoms. The van der Waals surface area contributed by atoms with E-state index in [-0.39, 0.29) is 13.2 Å². The van der Waals surface area contributed by atoms with Gasteiger partial charge in [-0.05, 0) is 16.6 Å². The molecule has 2 unspecified atom stereocenters. The Labute approximate surface area is 130 Å². The third-order valence-electron chi connectivity index (χ3n) is 3.39. The molecule has 1 aromatic carbocycles. The van der Waals surface area contributed by atoms with Gasteiger partial charge in [0, 0.05) is 9.82 Å². The van der Waals surface area contributed by atoms with Gasteiger partial charge in [-0.25, -0.2) is 4.39 Å². The predicted molar refractivity (Wildman–Crippen MR) is 77.7 cm³/mol. The van der Waals surface area contributed by atoms with Crippen LogP contribution in [0.25, 0.3) is 20.9 Å². The minimum atomic E-state index is -1.89. The summed E-state index contributed by atoms with van der Waals surface area (Å²) in [6, 6.07) is 7.76. The largest absolute Gasteiger partial charge is 0.387 e. The Morgan fingerprint density at radius 1 is 1.26 bits per heavy atom. The molecule has 5 atom stereocenters. The highest BCUT2D eigenvalue weighted by Gasteiger charge is 2.45. The number of hydrogen-bond donors (Lipinski definition) is 1. The van der Waals surface area contributed by atoms with E-state index in [1.165, 1.54) is 0 Å². The van der Waals surface area contributed by atoms with Crippen LogP contribution in [0.1, 0.15) is 5.56 Å². The number of aliphatic hydroxyl groups excluding tert-OH is 1.